The Labute approximate surface area is 152 Å². The van der Waals surface area contributed by atoms with Gasteiger partial charge in [0.05, 0.1) is 31.9 Å². The summed E-state index contributed by atoms with van der Waals surface area (Å²) in [6.07, 6.45) is 3.61. The number of rotatable bonds is 9. The zero-order chi connectivity index (χ0) is 17.9. The van der Waals surface area contributed by atoms with E-state index in [4.69, 9.17) is 9.47 Å². The van der Waals surface area contributed by atoms with E-state index in [0.717, 1.165) is 38.4 Å². The van der Waals surface area contributed by atoms with Crippen LogP contribution in [0.4, 0.5) is 0 Å². The lowest BCUT2D eigenvalue weighted by Gasteiger charge is -2.18. The largest absolute Gasteiger partial charge is 0.377 e. The van der Waals surface area contributed by atoms with Crippen LogP contribution in [-0.4, -0.2) is 45.0 Å². The second kappa shape index (κ2) is 11.1. The molecule has 0 bridgehead atoms. The normalized spacial score (nSPS) is 19.0. The highest BCUT2D eigenvalue weighted by Gasteiger charge is 2.15. The number of benzene rings is 1. The number of nitrogens with zero attached hydrogens (tertiary/aromatic N) is 1. The van der Waals surface area contributed by atoms with Crippen molar-refractivity contribution in [2.24, 2.45) is 4.99 Å². The molecule has 1 aliphatic rings. The Balaban J connectivity index is 1.77. The smallest absolute Gasteiger partial charge is 0.191 e. The van der Waals surface area contributed by atoms with Gasteiger partial charge >= 0.3 is 0 Å². The third-order valence-electron chi connectivity index (χ3n) is 4.42. The average molecular weight is 348 g/mol. The molecule has 0 saturated carbocycles. The molecule has 1 aromatic carbocycles. The van der Waals surface area contributed by atoms with Crippen molar-refractivity contribution in [1.82, 2.24) is 10.6 Å². The van der Waals surface area contributed by atoms with E-state index in [-0.39, 0.29) is 12.1 Å². The topological polar surface area (TPSA) is 54.9 Å². The van der Waals surface area contributed by atoms with E-state index >= 15 is 0 Å². The quantitative estimate of drug-likeness (QED) is 0.409. The highest BCUT2D eigenvalue weighted by molar-refractivity contribution is 5.80. The van der Waals surface area contributed by atoms with E-state index in [1.54, 1.807) is 0 Å². The molecule has 1 aliphatic heterocycles. The molecule has 2 N–H and O–H groups in total. The van der Waals surface area contributed by atoms with Crippen molar-refractivity contribution in [2.45, 2.75) is 52.2 Å². The summed E-state index contributed by atoms with van der Waals surface area (Å²) in [6.45, 7) is 10.1. The lowest BCUT2D eigenvalue weighted by Crippen LogP contribution is -2.39. The highest BCUT2D eigenvalue weighted by atomic mass is 16.5. The second-order valence-corrected chi connectivity index (χ2v) is 6.43. The summed E-state index contributed by atoms with van der Waals surface area (Å²) in [5.74, 6) is 0.829. The van der Waals surface area contributed by atoms with Gasteiger partial charge in [-0.2, -0.15) is 0 Å². The summed E-state index contributed by atoms with van der Waals surface area (Å²) >= 11 is 0. The van der Waals surface area contributed by atoms with Crippen molar-refractivity contribution in [2.75, 3.05) is 32.9 Å². The Hall–Kier alpha value is -1.59. The van der Waals surface area contributed by atoms with Gasteiger partial charge in [-0.15, -0.1) is 0 Å². The molecule has 5 heteroatoms. The maximum absolute atomic E-state index is 5.67. The van der Waals surface area contributed by atoms with Crippen LogP contribution in [0, 0.1) is 0 Å². The predicted octanol–water partition coefficient (Wildman–Crippen LogP) is 3.06. The van der Waals surface area contributed by atoms with Gasteiger partial charge < -0.3 is 20.1 Å². The molecule has 1 fully saturated rings. The second-order valence-electron chi connectivity index (χ2n) is 6.43. The summed E-state index contributed by atoms with van der Waals surface area (Å²) in [4.78, 5) is 4.61. The van der Waals surface area contributed by atoms with E-state index in [2.05, 4.69) is 60.7 Å². The van der Waals surface area contributed by atoms with Gasteiger partial charge in [-0.25, -0.2) is 0 Å². The van der Waals surface area contributed by atoms with E-state index in [1.807, 2.05) is 0 Å². The number of ether oxygens (including phenoxy) is 2. The van der Waals surface area contributed by atoms with Crippen LogP contribution < -0.4 is 10.6 Å². The molecule has 25 heavy (non-hydrogen) atoms. The van der Waals surface area contributed by atoms with Gasteiger partial charge in [0.2, 0.25) is 0 Å². The molecule has 5 nitrogen and oxygen atoms in total. The summed E-state index contributed by atoms with van der Waals surface area (Å²) in [7, 11) is 0. The Morgan fingerprint density at radius 3 is 2.76 bits per heavy atom. The average Bonchev–Trinajstić information content (AvgIpc) is 3.15. The first-order chi connectivity index (χ1) is 12.2. The molecule has 0 aliphatic carbocycles. The van der Waals surface area contributed by atoms with Crippen LogP contribution in [0.5, 0.6) is 0 Å². The van der Waals surface area contributed by atoms with Gasteiger partial charge in [-0.05, 0) is 44.2 Å². The van der Waals surface area contributed by atoms with Gasteiger partial charge in [-0.1, -0.05) is 31.2 Å². The third-order valence-corrected chi connectivity index (χ3v) is 4.42. The van der Waals surface area contributed by atoms with Crippen LogP contribution in [0.25, 0.3) is 0 Å². The predicted molar refractivity (Wildman–Crippen MR) is 103 cm³/mol. The van der Waals surface area contributed by atoms with Crippen molar-refractivity contribution < 1.29 is 9.47 Å². The number of hydrogen-bond donors (Lipinski definition) is 2. The molecule has 140 valence electrons. The van der Waals surface area contributed by atoms with Gasteiger partial charge in [0, 0.05) is 13.2 Å². The fourth-order valence-electron chi connectivity index (χ4n) is 2.86. The summed E-state index contributed by atoms with van der Waals surface area (Å²) < 4.78 is 11.2. The molecular weight excluding hydrogens is 314 g/mol. The molecule has 1 heterocycles. The molecule has 2 rings (SSSR count). The van der Waals surface area contributed by atoms with E-state index in [0.29, 0.717) is 19.8 Å². The summed E-state index contributed by atoms with van der Waals surface area (Å²) in [6, 6.07) is 8.96. The van der Waals surface area contributed by atoms with Gasteiger partial charge in [0.15, 0.2) is 5.96 Å². The number of nitrogens with one attached hydrogen (secondary N) is 2. The van der Waals surface area contributed by atoms with Crippen LogP contribution in [0.3, 0.4) is 0 Å². The lowest BCUT2D eigenvalue weighted by atomic mass is 10.1. The van der Waals surface area contributed by atoms with Crippen LogP contribution in [-0.2, 0) is 15.9 Å². The molecule has 2 unspecified atom stereocenters. The van der Waals surface area contributed by atoms with Gasteiger partial charge in [0.1, 0.15) is 0 Å². The van der Waals surface area contributed by atoms with Crippen molar-refractivity contribution >= 4 is 5.96 Å². The van der Waals surface area contributed by atoms with Crippen LogP contribution >= 0.6 is 0 Å². The standard InChI is InChI=1S/C20H33N3O2/c1-4-17-8-10-18(11-9-17)16(3)23-20(21-5-2)22-12-14-24-15-19-7-6-13-25-19/h8-11,16,19H,4-7,12-15H2,1-3H3,(H2,21,22,23). The van der Waals surface area contributed by atoms with Gasteiger partial charge in [0.25, 0.3) is 0 Å². The first-order valence-corrected chi connectivity index (χ1v) is 9.56. The molecule has 1 saturated heterocycles. The first-order valence-electron chi connectivity index (χ1n) is 9.56. The van der Waals surface area contributed by atoms with Crippen molar-refractivity contribution in [1.29, 1.82) is 0 Å². The molecular formula is C20H33N3O2. The fraction of sp³-hybridized carbons (Fsp3) is 0.650. The monoisotopic (exact) mass is 347 g/mol. The minimum Gasteiger partial charge on any atom is -0.377 e. The Bertz CT molecular complexity index is 510. The molecule has 2 atom stereocenters. The van der Waals surface area contributed by atoms with Crippen LogP contribution in [0.15, 0.2) is 29.3 Å². The minimum absolute atomic E-state index is 0.205. The Morgan fingerprint density at radius 2 is 2.12 bits per heavy atom. The highest BCUT2D eigenvalue weighted by Crippen LogP contribution is 2.14. The van der Waals surface area contributed by atoms with Crippen LogP contribution in [0.2, 0.25) is 0 Å². The molecule has 0 aromatic heterocycles. The van der Waals surface area contributed by atoms with E-state index < -0.39 is 0 Å². The zero-order valence-corrected chi connectivity index (χ0v) is 15.9. The number of hydrogen-bond acceptors (Lipinski definition) is 3. The third kappa shape index (κ3) is 7.04. The maximum Gasteiger partial charge on any atom is 0.191 e. The van der Waals surface area contributed by atoms with E-state index in [1.165, 1.54) is 11.1 Å². The Morgan fingerprint density at radius 1 is 1.32 bits per heavy atom. The SMILES string of the molecule is CCNC(=NCCOCC1CCCO1)NC(C)c1ccc(CC)cc1. The molecule has 0 radical (unpaired) electrons. The molecule has 0 amide bonds. The molecule has 1 aromatic rings. The molecule has 0 spiro atoms. The van der Waals surface area contributed by atoms with E-state index in [9.17, 15) is 0 Å². The van der Waals surface area contributed by atoms with Crippen molar-refractivity contribution in [3.63, 3.8) is 0 Å². The first kappa shape index (κ1) is 19.7. The zero-order valence-electron chi connectivity index (χ0n) is 15.9. The maximum atomic E-state index is 5.67. The number of guanidine groups is 1. The summed E-state index contributed by atoms with van der Waals surface area (Å²) in [5, 5.41) is 6.76. The van der Waals surface area contributed by atoms with Gasteiger partial charge in [-0.3, -0.25) is 4.99 Å². The fourth-order valence-corrected chi connectivity index (χ4v) is 2.86. The minimum atomic E-state index is 0.205. The number of aliphatic imine (C=N–C) groups is 1. The number of aryl methyl sites for hydroxylation is 1. The summed E-state index contributed by atoms with van der Waals surface area (Å²) in [5.41, 5.74) is 2.62. The Kier molecular flexibility index (Phi) is 8.77. The lowest BCUT2D eigenvalue weighted by molar-refractivity contribution is 0.0200. The van der Waals surface area contributed by atoms with Crippen molar-refractivity contribution in [3.8, 4) is 0 Å². The van der Waals surface area contributed by atoms with Crippen molar-refractivity contribution in [3.05, 3.63) is 35.4 Å². The van der Waals surface area contributed by atoms with Crippen LogP contribution in [0.1, 0.15) is 50.8 Å².